The Morgan fingerprint density at radius 3 is 2.58 bits per heavy atom. The van der Waals surface area contributed by atoms with E-state index in [4.69, 9.17) is 5.11 Å². The predicted molar refractivity (Wildman–Crippen MR) is 45.7 cm³/mol. The van der Waals surface area contributed by atoms with Crippen molar-refractivity contribution < 1.29 is 9.90 Å². The van der Waals surface area contributed by atoms with Crippen molar-refractivity contribution in [1.29, 1.82) is 0 Å². The number of aromatic hydroxyl groups is 1. The fourth-order valence-corrected chi connectivity index (χ4v) is 0.740. The molecule has 0 aromatic heterocycles. The maximum atomic E-state index is 9.91. The summed E-state index contributed by atoms with van der Waals surface area (Å²) in [6.07, 6.45) is 1.01. The Kier molecular flexibility index (Phi) is 2.92. The number of benzene rings is 1. The van der Waals surface area contributed by atoms with Gasteiger partial charge in [-0.15, -0.1) is 0 Å². The van der Waals surface area contributed by atoms with Crippen molar-refractivity contribution in [3.8, 4) is 17.6 Å². The van der Waals surface area contributed by atoms with E-state index in [2.05, 4.69) is 11.8 Å². The second-order valence-electron chi connectivity index (χ2n) is 2.22. The zero-order valence-electron chi connectivity index (χ0n) is 6.45. The Hall–Kier alpha value is -1.75. The van der Waals surface area contributed by atoms with Gasteiger partial charge in [-0.3, -0.25) is 0 Å². The van der Waals surface area contributed by atoms with Crippen molar-refractivity contribution in [2.24, 2.45) is 0 Å². The molecule has 60 valence electrons. The van der Waals surface area contributed by atoms with Gasteiger partial charge in [0, 0.05) is 5.56 Å². The van der Waals surface area contributed by atoms with Crippen LogP contribution in [0.25, 0.3) is 0 Å². The Morgan fingerprint density at radius 1 is 1.33 bits per heavy atom. The highest BCUT2D eigenvalue weighted by Gasteiger charge is 1.86. The van der Waals surface area contributed by atoms with Crippen LogP contribution in [0.4, 0.5) is 0 Å². The molecule has 0 aliphatic heterocycles. The molecule has 0 aliphatic carbocycles. The molecule has 1 N–H and O–H groups in total. The summed E-state index contributed by atoms with van der Waals surface area (Å²) in [5.41, 5.74) is 0.801. The SMILES string of the molecule is O=CCC#Cc1ccc(O)cc1. The third-order valence-electron chi connectivity index (χ3n) is 1.29. The van der Waals surface area contributed by atoms with Crippen LogP contribution in [0.5, 0.6) is 5.75 Å². The summed E-state index contributed by atoms with van der Waals surface area (Å²) < 4.78 is 0. The maximum Gasteiger partial charge on any atom is 0.131 e. The van der Waals surface area contributed by atoms with Crippen molar-refractivity contribution in [2.45, 2.75) is 6.42 Å². The largest absolute Gasteiger partial charge is 0.508 e. The topological polar surface area (TPSA) is 37.3 Å². The molecule has 0 unspecified atom stereocenters. The zero-order valence-corrected chi connectivity index (χ0v) is 6.45. The van der Waals surface area contributed by atoms with Crippen molar-refractivity contribution in [2.75, 3.05) is 0 Å². The number of carbonyl (C=O) groups is 1. The van der Waals surface area contributed by atoms with Gasteiger partial charge in [0.05, 0.1) is 6.42 Å². The van der Waals surface area contributed by atoms with E-state index in [1.807, 2.05) is 0 Å². The van der Waals surface area contributed by atoms with E-state index in [0.29, 0.717) is 0 Å². The number of carbonyl (C=O) groups excluding carboxylic acids is 1. The summed E-state index contributed by atoms with van der Waals surface area (Å²) >= 11 is 0. The molecule has 2 heteroatoms. The molecule has 0 radical (unpaired) electrons. The van der Waals surface area contributed by atoms with Gasteiger partial charge in [0.1, 0.15) is 12.0 Å². The second-order valence-corrected chi connectivity index (χ2v) is 2.22. The van der Waals surface area contributed by atoms with Gasteiger partial charge in [-0.25, -0.2) is 0 Å². The first-order valence-corrected chi connectivity index (χ1v) is 3.54. The highest BCUT2D eigenvalue weighted by molar-refractivity contribution is 5.55. The number of aldehydes is 1. The van der Waals surface area contributed by atoms with Gasteiger partial charge < -0.3 is 9.90 Å². The second kappa shape index (κ2) is 4.20. The lowest BCUT2D eigenvalue weighted by Gasteiger charge is -1.89. The summed E-state index contributed by atoms with van der Waals surface area (Å²) in [5.74, 6) is 5.67. The van der Waals surface area contributed by atoms with Crippen LogP contribution in [-0.2, 0) is 4.79 Å². The molecular weight excluding hydrogens is 152 g/mol. The standard InChI is InChI=1S/C10H8O2/c11-8-2-1-3-9-4-6-10(12)7-5-9/h4-8,12H,2H2. The first-order valence-electron chi connectivity index (χ1n) is 3.54. The summed E-state index contributed by atoms with van der Waals surface area (Å²) in [6, 6.07) is 6.52. The van der Waals surface area contributed by atoms with E-state index in [1.165, 1.54) is 0 Å². The molecule has 12 heavy (non-hydrogen) atoms. The lowest BCUT2D eigenvalue weighted by Crippen LogP contribution is -1.73. The average molecular weight is 160 g/mol. The van der Waals surface area contributed by atoms with E-state index in [0.717, 1.165) is 11.8 Å². The predicted octanol–water partition coefficient (Wildman–Crippen LogP) is 1.33. The molecule has 0 aliphatic rings. The highest BCUT2D eigenvalue weighted by atomic mass is 16.3. The quantitative estimate of drug-likeness (QED) is 0.497. The first kappa shape index (κ1) is 8.35. The minimum atomic E-state index is 0.218. The molecule has 0 fully saturated rings. The van der Waals surface area contributed by atoms with Gasteiger partial charge >= 0.3 is 0 Å². The molecule has 0 saturated carbocycles. The van der Waals surface area contributed by atoms with Gasteiger partial charge in [0.15, 0.2) is 0 Å². The molecule has 2 nitrogen and oxygen atoms in total. The van der Waals surface area contributed by atoms with Crippen molar-refractivity contribution in [3.63, 3.8) is 0 Å². The molecule has 0 saturated heterocycles. The number of phenols is 1. The van der Waals surface area contributed by atoms with Crippen molar-refractivity contribution in [3.05, 3.63) is 29.8 Å². The van der Waals surface area contributed by atoms with Gasteiger partial charge in [-0.2, -0.15) is 0 Å². The third kappa shape index (κ3) is 2.47. The van der Waals surface area contributed by atoms with Gasteiger partial charge in [-0.1, -0.05) is 11.8 Å². The lowest BCUT2D eigenvalue weighted by molar-refractivity contribution is -0.107. The maximum absolute atomic E-state index is 9.91. The van der Waals surface area contributed by atoms with Crippen LogP contribution in [0, 0.1) is 11.8 Å². The Balaban J connectivity index is 2.72. The van der Waals surface area contributed by atoms with Crippen LogP contribution in [0.3, 0.4) is 0 Å². The van der Waals surface area contributed by atoms with Crippen LogP contribution >= 0.6 is 0 Å². The Labute approximate surface area is 70.8 Å². The first-order chi connectivity index (χ1) is 5.83. The molecule has 1 rings (SSSR count). The Bertz CT molecular complexity index is 314. The van der Waals surface area contributed by atoms with Crippen LogP contribution in [0.2, 0.25) is 0 Å². The molecule has 0 amide bonds. The lowest BCUT2D eigenvalue weighted by atomic mass is 10.2. The van der Waals surface area contributed by atoms with E-state index in [9.17, 15) is 4.79 Å². The molecule has 0 bridgehead atoms. The fraction of sp³-hybridized carbons (Fsp3) is 0.100. The molecule has 0 spiro atoms. The van der Waals surface area contributed by atoms with Gasteiger partial charge in [0.25, 0.3) is 0 Å². The van der Waals surface area contributed by atoms with Crippen LogP contribution in [0.1, 0.15) is 12.0 Å². The summed E-state index contributed by atoms with van der Waals surface area (Å²) in [7, 11) is 0. The van der Waals surface area contributed by atoms with E-state index in [-0.39, 0.29) is 12.2 Å². The fourth-order valence-electron chi connectivity index (χ4n) is 0.740. The van der Waals surface area contributed by atoms with Crippen molar-refractivity contribution >= 4 is 6.29 Å². The summed E-state index contributed by atoms with van der Waals surface area (Å²) in [6.45, 7) is 0. The van der Waals surface area contributed by atoms with Crippen molar-refractivity contribution in [1.82, 2.24) is 0 Å². The smallest absolute Gasteiger partial charge is 0.131 e. The molecule has 0 heterocycles. The summed E-state index contributed by atoms with van der Waals surface area (Å²) in [4.78, 5) is 9.91. The zero-order chi connectivity index (χ0) is 8.81. The third-order valence-corrected chi connectivity index (χ3v) is 1.29. The van der Waals surface area contributed by atoms with E-state index in [1.54, 1.807) is 24.3 Å². The highest BCUT2D eigenvalue weighted by Crippen LogP contribution is 2.07. The van der Waals surface area contributed by atoms with Gasteiger partial charge in [-0.05, 0) is 24.3 Å². The monoisotopic (exact) mass is 160 g/mol. The molecule has 1 aromatic rings. The molecular formula is C10H8O2. The molecule has 1 aromatic carbocycles. The normalized spacial score (nSPS) is 8.33. The Morgan fingerprint density at radius 2 is 2.00 bits per heavy atom. The average Bonchev–Trinajstić information content (AvgIpc) is 2.09. The van der Waals surface area contributed by atoms with Crippen LogP contribution < -0.4 is 0 Å². The van der Waals surface area contributed by atoms with Crippen LogP contribution in [0.15, 0.2) is 24.3 Å². The number of hydrogen-bond donors (Lipinski definition) is 1. The summed E-state index contributed by atoms with van der Waals surface area (Å²) in [5, 5.41) is 8.92. The van der Waals surface area contributed by atoms with E-state index < -0.39 is 0 Å². The number of hydrogen-bond acceptors (Lipinski definition) is 2. The van der Waals surface area contributed by atoms with E-state index >= 15 is 0 Å². The van der Waals surface area contributed by atoms with Gasteiger partial charge in [0.2, 0.25) is 0 Å². The van der Waals surface area contributed by atoms with Crippen LogP contribution in [-0.4, -0.2) is 11.4 Å². The number of phenolic OH excluding ortho intramolecular Hbond substituents is 1. The number of rotatable bonds is 1. The minimum absolute atomic E-state index is 0.218. The molecule has 0 atom stereocenters. The minimum Gasteiger partial charge on any atom is -0.508 e.